The molecule has 1 aromatic carbocycles. The molecule has 2 aliphatic heterocycles. The van der Waals surface area contributed by atoms with Crippen LogP contribution in [-0.4, -0.2) is 56.3 Å². The average Bonchev–Trinajstić information content (AvgIpc) is 3.10. The van der Waals surface area contributed by atoms with Crippen molar-refractivity contribution in [3.8, 4) is 0 Å². The highest BCUT2D eigenvalue weighted by Gasteiger charge is 2.28. The minimum atomic E-state index is -3.55. The Balaban J connectivity index is 1.78. The van der Waals surface area contributed by atoms with Gasteiger partial charge in [-0.1, -0.05) is 25.3 Å². The van der Waals surface area contributed by atoms with Gasteiger partial charge in [0.1, 0.15) is 0 Å². The summed E-state index contributed by atoms with van der Waals surface area (Å²) in [6.45, 7) is 3.03. The molecule has 144 valence electrons. The van der Waals surface area contributed by atoms with Crippen molar-refractivity contribution in [2.24, 2.45) is 11.7 Å². The molecule has 2 aliphatic rings. The quantitative estimate of drug-likeness (QED) is 0.868. The van der Waals surface area contributed by atoms with E-state index in [0.29, 0.717) is 44.2 Å². The summed E-state index contributed by atoms with van der Waals surface area (Å²) in [5.41, 5.74) is 6.14. The SMILES string of the molecule is NCC1CCN(C(=O)c2cccc(S(=O)(=O)N3CCCCCCC3)c2)C1. The van der Waals surface area contributed by atoms with E-state index in [0.717, 1.165) is 32.1 Å². The van der Waals surface area contributed by atoms with E-state index < -0.39 is 10.0 Å². The van der Waals surface area contributed by atoms with Gasteiger partial charge in [0, 0.05) is 31.7 Å². The molecule has 0 radical (unpaired) electrons. The van der Waals surface area contributed by atoms with Crippen LogP contribution in [0.25, 0.3) is 0 Å². The first-order chi connectivity index (χ1) is 12.5. The summed E-state index contributed by atoms with van der Waals surface area (Å²) >= 11 is 0. The number of hydrogen-bond acceptors (Lipinski definition) is 4. The van der Waals surface area contributed by atoms with E-state index in [1.807, 2.05) is 0 Å². The second-order valence-corrected chi connectivity index (χ2v) is 9.28. The lowest BCUT2D eigenvalue weighted by atomic mass is 10.1. The monoisotopic (exact) mass is 379 g/mol. The second-order valence-electron chi connectivity index (χ2n) is 7.34. The van der Waals surface area contributed by atoms with Gasteiger partial charge in [0.05, 0.1) is 4.90 Å². The van der Waals surface area contributed by atoms with Crippen LogP contribution in [0.4, 0.5) is 0 Å². The zero-order valence-corrected chi connectivity index (χ0v) is 16.1. The summed E-state index contributed by atoms with van der Waals surface area (Å²) in [6, 6.07) is 6.50. The summed E-state index contributed by atoms with van der Waals surface area (Å²) in [6.07, 6.45) is 6.02. The topological polar surface area (TPSA) is 83.7 Å². The lowest BCUT2D eigenvalue weighted by molar-refractivity contribution is 0.0787. The predicted octanol–water partition coefficient (Wildman–Crippen LogP) is 2.06. The molecule has 3 rings (SSSR count). The van der Waals surface area contributed by atoms with E-state index in [4.69, 9.17) is 5.73 Å². The number of nitrogens with two attached hydrogens (primary N) is 1. The number of rotatable bonds is 4. The van der Waals surface area contributed by atoms with Gasteiger partial charge in [0.15, 0.2) is 0 Å². The Labute approximate surface area is 156 Å². The molecule has 0 saturated carbocycles. The van der Waals surface area contributed by atoms with E-state index in [1.54, 1.807) is 27.4 Å². The first-order valence-corrected chi connectivity index (χ1v) is 11.1. The predicted molar refractivity (Wildman–Crippen MR) is 101 cm³/mol. The first-order valence-electron chi connectivity index (χ1n) is 9.62. The molecule has 0 aliphatic carbocycles. The van der Waals surface area contributed by atoms with E-state index in [2.05, 4.69) is 0 Å². The van der Waals surface area contributed by atoms with Crippen molar-refractivity contribution in [2.45, 2.75) is 43.4 Å². The van der Waals surface area contributed by atoms with Crippen molar-refractivity contribution in [3.63, 3.8) is 0 Å². The molecule has 1 amide bonds. The van der Waals surface area contributed by atoms with Crippen LogP contribution in [0.1, 0.15) is 48.9 Å². The fourth-order valence-electron chi connectivity index (χ4n) is 3.79. The molecule has 1 unspecified atom stereocenters. The Morgan fingerprint density at radius 1 is 1.08 bits per heavy atom. The number of benzene rings is 1. The lowest BCUT2D eigenvalue weighted by Gasteiger charge is -2.24. The Bertz CT molecular complexity index is 727. The Kier molecular flexibility index (Phi) is 6.32. The van der Waals surface area contributed by atoms with Crippen LogP contribution in [0.3, 0.4) is 0 Å². The van der Waals surface area contributed by atoms with Gasteiger partial charge in [0.25, 0.3) is 5.91 Å². The van der Waals surface area contributed by atoms with Crippen molar-refractivity contribution < 1.29 is 13.2 Å². The number of carbonyl (C=O) groups excluding carboxylic acids is 1. The third-order valence-electron chi connectivity index (χ3n) is 5.44. The van der Waals surface area contributed by atoms with Crippen LogP contribution in [-0.2, 0) is 10.0 Å². The molecular formula is C19H29N3O3S. The summed E-state index contributed by atoms with van der Waals surface area (Å²) in [7, 11) is -3.55. The maximum absolute atomic E-state index is 13.0. The van der Waals surface area contributed by atoms with Gasteiger partial charge in [-0.3, -0.25) is 4.79 Å². The molecule has 2 saturated heterocycles. The van der Waals surface area contributed by atoms with Gasteiger partial charge < -0.3 is 10.6 Å². The van der Waals surface area contributed by atoms with Crippen molar-refractivity contribution in [1.82, 2.24) is 9.21 Å². The van der Waals surface area contributed by atoms with Gasteiger partial charge in [0.2, 0.25) is 10.0 Å². The van der Waals surface area contributed by atoms with Crippen molar-refractivity contribution in [1.29, 1.82) is 0 Å². The molecule has 26 heavy (non-hydrogen) atoms. The second kappa shape index (κ2) is 8.50. The zero-order valence-electron chi connectivity index (χ0n) is 15.3. The van der Waals surface area contributed by atoms with Crippen LogP contribution < -0.4 is 5.73 Å². The van der Waals surface area contributed by atoms with E-state index in [1.165, 1.54) is 12.5 Å². The fourth-order valence-corrected chi connectivity index (χ4v) is 5.35. The molecule has 2 heterocycles. The number of nitrogens with zero attached hydrogens (tertiary/aromatic N) is 2. The summed E-state index contributed by atoms with van der Waals surface area (Å²) in [5, 5.41) is 0. The number of hydrogen-bond donors (Lipinski definition) is 1. The molecule has 0 bridgehead atoms. The molecule has 1 atom stereocenters. The third-order valence-corrected chi connectivity index (χ3v) is 7.33. The maximum Gasteiger partial charge on any atom is 0.253 e. The average molecular weight is 380 g/mol. The minimum absolute atomic E-state index is 0.106. The lowest BCUT2D eigenvalue weighted by Crippen LogP contribution is -2.34. The number of likely N-dealkylation sites (tertiary alicyclic amines) is 1. The first kappa shape index (κ1) is 19.3. The van der Waals surface area contributed by atoms with Gasteiger partial charge in [-0.05, 0) is 49.9 Å². The number of sulfonamides is 1. The highest BCUT2D eigenvalue weighted by Crippen LogP contribution is 2.23. The number of amides is 1. The molecular weight excluding hydrogens is 350 g/mol. The maximum atomic E-state index is 13.0. The Hall–Kier alpha value is -1.44. The molecule has 2 N–H and O–H groups in total. The van der Waals surface area contributed by atoms with Crippen LogP contribution in [0.15, 0.2) is 29.2 Å². The Morgan fingerprint density at radius 2 is 1.77 bits per heavy atom. The number of carbonyl (C=O) groups is 1. The van der Waals surface area contributed by atoms with Crippen LogP contribution >= 0.6 is 0 Å². The molecule has 6 nitrogen and oxygen atoms in total. The van der Waals surface area contributed by atoms with E-state index in [9.17, 15) is 13.2 Å². The van der Waals surface area contributed by atoms with Gasteiger partial charge in [-0.2, -0.15) is 4.31 Å². The van der Waals surface area contributed by atoms with E-state index in [-0.39, 0.29) is 10.8 Å². The van der Waals surface area contributed by atoms with Crippen LogP contribution in [0, 0.1) is 5.92 Å². The highest BCUT2D eigenvalue weighted by atomic mass is 32.2. The van der Waals surface area contributed by atoms with Crippen molar-refractivity contribution in [3.05, 3.63) is 29.8 Å². The summed E-state index contributed by atoms with van der Waals surface area (Å²) in [4.78, 5) is 14.7. The zero-order chi connectivity index (χ0) is 18.6. The standard InChI is InChI=1S/C19H29N3O3S/c20-14-16-9-12-21(15-16)19(23)17-7-6-8-18(13-17)26(24,25)22-10-4-2-1-3-5-11-22/h6-8,13,16H,1-5,9-12,14-15,20H2. The smallest absolute Gasteiger partial charge is 0.253 e. The largest absolute Gasteiger partial charge is 0.338 e. The molecule has 0 spiro atoms. The normalized spacial score (nSPS) is 22.8. The Morgan fingerprint density at radius 3 is 2.42 bits per heavy atom. The molecule has 2 fully saturated rings. The molecule has 1 aromatic rings. The van der Waals surface area contributed by atoms with Gasteiger partial charge in [-0.15, -0.1) is 0 Å². The van der Waals surface area contributed by atoms with Crippen molar-refractivity contribution in [2.75, 3.05) is 32.7 Å². The summed E-state index contributed by atoms with van der Waals surface area (Å²) < 4.78 is 27.6. The van der Waals surface area contributed by atoms with Crippen molar-refractivity contribution >= 4 is 15.9 Å². The summed E-state index contributed by atoms with van der Waals surface area (Å²) in [5.74, 6) is 0.234. The molecule has 7 heteroatoms. The highest BCUT2D eigenvalue weighted by molar-refractivity contribution is 7.89. The van der Waals surface area contributed by atoms with Gasteiger partial charge >= 0.3 is 0 Å². The van der Waals surface area contributed by atoms with Crippen LogP contribution in [0.5, 0.6) is 0 Å². The molecule has 0 aromatic heterocycles. The van der Waals surface area contributed by atoms with E-state index >= 15 is 0 Å². The van der Waals surface area contributed by atoms with Crippen LogP contribution in [0.2, 0.25) is 0 Å². The van der Waals surface area contributed by atoms with Gasteiger partial charge in [-0.25, -0.2) is 8.42 Å². The minimum Gasteiger partial charge on any atom is -0.338 e. The third kappa shape index (κ3) is 4.27. The fraction of sp³-hybridized carbons (Fsp3) is 0.632.